The lowest BCUT2D eigenvalue weighted by Gasteiger charge is -2.15. The molecule has 6 nitrogen and oxygen atoms in total. The van der Waals surface area contributed by atoms with Crippen molar-refractivity contribution in [2.24, 2.45) is 0 Å². The summed E-state index contributed by atoms with van der Waals surface area (Å²) < 4.78 is 5.21. The summed E-state index contributed by atoms with van der Waals surface area (Å²) in [6.45, 7) is 0. The van der Waals surface area contributed by atoms with E-state index in [1.54, 1.807) is 12.4 Å². The SMILES string of the molecule is O=C(CCc1nc(-c2cccnc2)no1)NC1CCCCCC1. The van der Waals surface area contributed by atoms with Crippen molar-refractivity contribution < 1.29 is 9.32 Å². The highest BCUT2D eigenvalue weighted by atomic mass is 16.5. The summed E-state index contributed by atoms with van der Waals surface area (Å²) in [4.78, 5) is 20.4. The van der Waals surface area contributed by atoms with E-state index in [0.29, 0.717) is 30.6 Å². The molecule has 0 aliphatic heterocycles. The molecule has 1 N–H and O–H groups in total. The summed E-state index contributed by atoms with van der Waals surface area (Å²) in [5.41, 5.74) is 0.811. The van der Waals surface area contributed by atoms with Gasteiger partial charge in [-0.2, -0.15) is 4.98 Å². The van der Waals surface area contributed by atoms with Crippen molar-refractivity contribution in [3.8, 4) is 11.4 Å². The first-order valence-corrected chi connectivity index (χ1v) is 8.33. The van der Waals surface area contributed by atoms with Gasteiger partial charge in [0.05, 0.1) is 0 Å². The van der Waals surface area contributed by atoms with E-state index in [4.69, 9.17) is 4.52 Å². The largest absolute Gasteiger partial charge is 0.353 e. The quantitative estimate of drug-likeness (QED) is 0.858. The molecule has 1 amide bonds. The van der Waals surface area contributed by atoms with Crippen molar-refractivity contribution >= 4 is 5.91 Å². The maximum absolute atomic E-state index is 12.1. The molecule has 0 atom stereocenters. The normalized spacial score (nSPS) is 16.0. The molecular formula is C17H22N4O2. The number of aromatic nitrogens is 3. The van der Waals surface area contributed by atoms with Crippen molar-refractivity contribution in [2.45, 2.75) is 57.4 Å². The smallest absolute Gasteiger partial charge is 0.227 e. The van der Waals surface area contributed by atoms with Crippen LogP contribution >= 0.6 is 0 Å². The molecule has 2 heterocycles. The van der Waals surface area contributed by atoms with E-state index in [2.05, 4.69) is 20.4 Å². The van der Waals surface area contributed by atoms with E-state index < -0.39 is 0 Å². The summed E-state index contributed by atoms with van der Waals surface area (Å²) >= 11 is 0. The van der Waals surface area contributed by atoms with Crippen molar-refractivity contribution in [2.75, 3.05) is 0 Å². The molecule has 0 bridgehead atoms. The third kappa shape index (κ3) is 4.61. The maximum atomic E-state index is 12.1. The number of aryl methyl sites for hydroxylation is 1. The van der Waals surface area contributed by atoms with E-state index in [0.717, 1.165) is 18.4 Å². The van der Waals surface area contributed by atoms with Crippen LogP contribution in [0.15, 0.2) is 29.0 Å². The lowest BCUT2D eigenvalue weighted by molar-refractivity contribution is -0.121. The molecule has 1 aliphatic carbocycles. The summed E-state index contributed by atoms with van der Waals surface area (Å²) in [7, 11) is 0. The molecule has 3 rings (SSSR count). The molecule has 0 unspecified atom stereocenters. The van der Waals surface area contributed by atoms with Crippen LogP contribution in [0.5, 0.6) is 0 Å². The highest BCUT2D eigenvalue weighted by Gasteiger charge is 2.16. The second kappa shape index (κ2) is 7.85. The minimum absolute atomic E-state index is 0.0676. The Kier molecular flexibility index (Phi) is 5.34. The van der Waals surface area contributed by atoms with Crippen molar-refractivity contribution in [3.05, 3.63) is 30.4 Å². The fourth-order valence-corrected chi connectivity index (χ4v) is 2.91. The Morgan fingerprint density at radius 2 is 2.09 bits per heavy atom. The lowest BCUT2D eigenvalue weighted by Crippen LogP contribution is -2.34. The fraction of sp³-hybridized carbons (Fsp3) is 0.529. The van der Waals surface area contributed by atoms with Gasteiger partial charge in [-0.25, -0.2) is 0 Å². The Bertz CT molecular complexity index is 619. The number of carbonyl (C=O) groups excluding carboxylic acids is 1. The molecule has 122 valence electrons. The number of pyridine rings is 1. The number of rotatable bonds is 5. The lowest BCUT2D eigenvalue weighted by atomic mass is 10.1. The topological polar surface area (TPSA) is 80.9 Å². The van der Waals surface area contributed by atoms with E-state index in [-0.39, 0.29) is 5.91 Å². The molecule has 2 aromatic heterocycles. The molecule has 1 aliphatic rings. The summed E-state index contributed by atoms with van der Waals surface area (Å²) in [6, 6.07) is 4.03. The van der Waals surface area contributed by atoms with E-state index >= 15 is 0 Å². The number of hydrogen-bond donors (Lipinski definition) is 1. The van der Waals surface area contributed by atoms with Crippen LogP contribution in [0.3, 0.4) is 0 Å². The highest BCUT2D eigenvalue weighted by molar-refractivity contribution is 5.76. The third-order valence-corrected chi connectivity index (χ3v) is 4.17. The van der Waals surface area contributed by atoms with Crippen LogP contribution < -0.4 is 5.32 Å². The van der Waals surface area contributed by atoms with Crippen molar-refractivity contribution in [1.82, 2.24) is 20.4 Å². The predicted molar refractivity (Wildman–Crippen MR) is 85.5 cm³/mol. The molecule has 0 spiro atoms. The van der Waals surface area contributed by atoms with E-state index in [1.165, 1.54) is 25.7 Å². The van der Waals surface area contributed by atoms with Crippen LogP contribution in [0.2, 0.25) is 0 Å². The van der Waals surface area contributed by atoms with Gasteiger partial charge in [0.2, 0.25) is 17.6 Å². The van der Waals surface area contributed by atoms with Gasteiger partial charge in [0.25, 0.3) is 0 Å². The Balaban J connectivity index is 1.48. The first-order valence-electron chi connectivity index (χ1n) is 8.33. The second-order valence-corrected chi connectivity index (χ2v) is 6.01. The van der Waals surface area contributed by atoms with Gasteiger partial charge in [0.1, 0.15) is 0 Å². The maximum Gasteiger partial charge on any atom is 0.227 e. The van der Waals surface area contributed by atoms with Crippen LogP contribution in [0.1, 0.15) is 50.8 Å². The standard InChI is InChI=1S/C17H22N4O2/c22-15(19-14-7-3-1-2-4-8-14)9-10-16-20-17(21-23-16)13-6-5-11-18-12-13/h5-6,11-12,14H,1-4,7-10H2,(H,19,22). The predicted octanol–water partition coefficient (Wildman–Crippen LogP) is 2.90. The van der Waals surface area contributed by atoms with Gasteiger partial charge in [0.15, 0.2) is 0 Å². The minimum Gasteiger partial charge on any atom is -0.353 e. The van der Waals surface area contributed by atoms with Gasteiger partial charge in [-0.3, -0.25) is 9.78 Å². The summed E-state index contributed by atoms with van der Waals surface area (Å²) in [6.07, 6.45) is 11.4. The highest BCUT2D eigenvalue weighted by Crippen LogP contribution is 2.18. The van der Waals surface area contributed by atoms with E-state index in [9.17, 15) is 4.79 Å². The number of hydrogen-bond acceptors (Lipinski definition) is 5. The van der Waals surface area contributed by atoms with Crippen molar-refractivity contribution in [1.29, 1.82) is 0 Å². The van der Waals surface area contributed by atoms with Crippen LogP contribution in [-0.2, 0) is 11.2 Å². The Hall–Kier alpha value is -2.24. The monoisotopic (exact) mass is 314 g/mol. The molecule has 0 radical (unpaired) electrons. The van der Waals surface area contributed by atoms with Crippen LogP contribution in [0, 0.1) is 0 Å². The van der Waals surface area contributed by atoms with Gasteiger partial charge in [0, 0.05) is 36.8 Å². The minimum atomic E-state index is 0.0676. The molecular weight excluding hydrogens is 292 g/mol. The molecule has 1 saturated carbocycles. The zero-order valence-corrected chi connectivity index (χ0v) is 13.2. The first kappa shape index (κ1) is 15.6. The van der Waals surface area contributed by atoms with Crippen LogP contribution in [0.4, 0.5) is 0 Å². The molecule has 0 saturated heterocycles. The van der Waals surface area contributed by atoms with Gasteiger partial charge in [-0.15, -0.1) is 0 Å². The van der Waals surface area contributed by atoms with Gasteiger partial charge in [-0.1, -0.05) is 30.8 Å². The molecule has 1 fully saturated rings. The summed E-state index contributed by atoms with van der Waals surface area (Å²) in [5.74, 6) is 1.06. The van der Waals surface area contributed by atoms with E-state index in [1.807, 2.05) is 12.1 Å². The van der Waals surface area contributed by atoms with Gasteiger partial charge in [-0.05, 0) is 25.0 Å². The zero-order valence-electron chi connectivity index (χ0n) is 13.2. The van der Waals surface area contributed by atoms with Crippen molar-refractivity contribution in [3.63, 3.8) is 0 Å². The average Bonchev–Trinajstić information content (AvgIpc) is 2.91. The fourth-order valence-electron chi connectivity index (χ4n) is 2.91. The molecule has 23 heavy (non-hydrogen) atoms. The first-order chi connectivity index (χ1) is 11.3. The number of nitrogens with one attached hydrogen (secondary N) is 1. The number of nitrogens with zero attached hydrogens (tertiary/aromatic N) is 3. The van der Waals surface area contributed by atoms with Gasteiger partial charge < -0.3 is 9.84 Å². The summed E-state index contributed by atoms with van der Waals surface area (Å²) in [5, 5.41) is 7.06. The Morgan fingerprint density at radius 1 is 1.26 bits per heavy atom. The number of amides is 1. The zero-order chi connectivity index (χ0) is 15.9. The molecule has 0 aromatic carbocycles. The average molecular weight is 314 g/mol. The number of carbonyl (C=O) groups is 1. The van der Waals surface area contributed by atoms with Gasteiger partial charge >= 0.3 is 0 Å². The Labute approximate surface area is 135 Å². The Morgan fingerprint density at radius 3 is 2.83 bits per heavy atom. The van der Waals surface area contributed by atoms with Crippen LogP contribution in [0.25, 0.3) is 11.4 Å². The third-order valence-electron chi connectivity index (χ3n) is 4.17. The second-order valence-electron chi connectivity index (χ2n) is 6.01. The molecule has 2 aromatic rings. The van der Waals surface area contributed by atoms with Crippen LogP contribution in [-0.4, -0.2) is 27.1 Å². The molecule has 6 heteroatoms.